The van der Waals surface area contributed by atoms with E-state index in [0.717, 1.165) is 16.7 Å². The Hall–Kier alpha value is -1.76. The van der Waals surface area contributed by atoms with Gasteiger partial charge in [-0.25, -0.2) is 0 Å². The van der Waals surface area contributed by atoms with E-state index in [1.807, 2.05) is 42.5 Å². The number of hydrogen-bond acceptors (Lipinski definition) is 0. The Balaban J connectivity index is 1.65. The summed E-state index contributed by atoms with van der Waals surface area (Å²) in [4.78, 5) is -0.813. The summed E-state index contributed by atoms with van der Waals surface area (Å²) in [5.41, 5.74) is 4.49. The highest BCUT2D eigenvalue weighted by atomic mass is 35.5. The number of benzene rings is 3. The zero-order chi connectivity index (χ0) is 22.2. The summed E-state index contributed by atoms with van der Waals surface area (Å²) in [6.45, 7) is 0. The lowest BCUT2D eigenvalue weighted by molar-refractivity contribution is 0.514. The van der Waals surface area contributed by atoms with Crippen LogP contribution in [0.5, 0.6) is 0 Å². The zero-order valence-corrected chi connectivity index (χ0v) is 20.4. The van der Waals surface area contributed by atoms with Gasteiger partial charge in [0.25, 0.3) is 0 Å². The maximum absolute atomic E-state index is 7.48. The Labute approximate surface area is 204 Å². The number of hydrogen-bond donors (Lipinski definition) is 0. The van der Waals surface area contributed by atoms with Crippen molar-refractivity contribution in [3.8, 4) is 0 Å². The van der Waals surface area contributed by atoms with Crippen molar-refractivity contribution in [3.63, 3.8) is 0 Å². The summed E-state index contributed by atoms with van der Waals surface area (Å²) in [5, 5.41) is 0.693. The van der Waals surface area contributed by atoms with Crippen molar-refractivity contribution in [3.05, 3.63) is 106 Å². The van der Waals surface area contributed by atoms with Gasteiger partial charge in [-0.15, -0.1) is 11.6 Å². The van der Waals surface area contributed by atoms with E-state index in [4.69, 9.17) is 23.2 Å². The largest absolute Gasteiger partial charge is 0.121 e. The van der Waals surface area contributed by atoms with E-state index in [-0.39, 0.29) is 0 Å². The maximum atomic E-state index is 7.48. The highest BCUT2D eigenvalue weighted by molar-refractivity contribution is 6.34. The topological polar surface area (TPSA) is 0 Å². The lowest BCUT2D eigenvalue weighted by atomic mass is 9.82. The second-order valence-corrected chi connectivity index (χ2v) is 10.2. The Kier molecular flexibility index (Phi) is 8.33. The summed E-state index contributed by atoms with van der Waals surface area (Å²) in [6.07, 6.45) is 13.7. The molecule has 0 heterocycles. The normalized spacial score (nSPS) is 18.4. The fourth-order valence-corrected chi connectivity index (χ4v) is 5.93. The molecule has 168 valence electrons. The summed E-state index contributed by atoms with van der Waals surface area (Å²) < 4.78 is 0. The Morgan fingerprint density at radius 2 is 1.06 bits per heavy atom. The van der Waals surface area contributed by atoms with Crippen LogP contribution in [0.2, 0.25) is 5.02 Å². The van der Waals surface area contributed by atoms with Crippen molar-refractivity contribution < 1.29 is 0 Å². The molecular weight excluding hydrogens is 431 g/mol. The molecule has 1 aliphatic carbocycles. The van der Waals surface area contributed by atoms with Gasteiger partial charge in [-0.2, -0.15) is 0 Å². The molecule has 0 aromatic heterocycles. The first-order valence-corrected chi connectivity index (χ1v) is 13.0. The molecule has 1 aliphatic rings. The third-order valence-corrected chi connectivity index (χ3v) is 8.02. The van der Waals surface area contributed by atoms with Gasteiger partial charge in [0.05, 0.1) is 0 Å². The third-order valence-electron chi connectivity index (χ3n) is 7.05. The van der Waals surface area contributed by atoms with Gasteiger partial charge in [-0.05, 0) is 41.5 Å². The van der Waals surface area contributed by atoms with Gasteiger partial charge in [0.1, 0.15) is 4.87 Å². The van der Waals surface area contributed by atoms with Crippen LogP contribution in [-0.2, 0) is 4.87 Å². The van der Waals surface area contributed by atoms with Gasteiger partial charge < -0.3 is 0 Å². The second kappa shape index (κ2) is 11.4. The van der Waals surface area contributed by atoms with E-state index in [1.165, 1.54) is 69.8 Å². The molecule has 0 radical (unpaired) electrons. The molecule has 0 amide bonds. The van der Waals surface area contributed by atoms with E-state index >= 15 is 0 Å². The monoisotopic (exact) mass is 464 g/mol. The van der Waals surface area contributed by atoms with E-state index in [2.05, 4.69) is 36.4 Å². The lowest BCUT2D eigenvalue weighted by Crippen LogP contribution is -2.23. The number of alkyl halides is 1. The van der Waals surface area contributed by atoms with E-state index in [1.54, 1.807) is 0 Å². The van der Waals surface area contributed by atoms with Crippen LogP contribution in [0.4, 0.5) is 0 Å². The van der Waals surface area contributed by atoms with E-state index < -0.39 is 4.87 Å². The zero-order valence-electron chi connectivity index (χ0n) is 18.9. The molecule has 0 N–H and O–H groups in total. The average molecular weight is 466 g/mol. The fourth-order valence-electron chi connectivity index (χ4n) is 5.19. The molecule has 3 aromatic rings. The van der Waals surface area contributed by atoms with Crippen LogP contribution in [-0.4, -0.2) is 0 Å². The molecule has 0 saturated heterocycles. The van der Waals surface area contributed by atoms with Gasteiger partial charge >= 0.3 is 0 Å². The van der Waals surface area contributed by atoms with Gasteiger partial charge in [0.2, 0.25) is 0 Å². The standard InChI is InChI=1S/C30H34Cl2/c31-29-19-13-12-18-28(29)30(32,26-16-10-7-11-17-26)27-22-20-25(21-23-27)24-14-8-5-3-1-2-4-6-9-15-24/h7,10-13,16-24H,1-6,8-9,14-15H2. The highest BCUT2D eigenvalue weighted by Gasteiger charge is 2.35. The number of rotatable bonds is 4. The minimum atomic E-state index is -0.813. The summed E-state index contributed by atoms with van der Waals surface area (Å²) in [7, 11) is 0. The van der Waals surface area contributed by atoms with Gasteiger partial charge in [-0.1, -0.05) is 136 Å². The van der Waals surface area contributed by atoms with Crippen LogP contribution in [0.25, 0.3) is 0 Å². The predicted octanol–water partition coefficient (Wildman–Crippen LogP) is 9.87. The van der Waals surface area contributed by atoms with Crippen molar-refractivity contribution in [2.24, 2.45) is 0 Å². The molecule has 3 aromatic carbocycles. The van der Waals surface area contributed by atoms with Gasteiger partial charge in [0.15, 0.2) is 0 Å². The third kappa shape index (κ3) is 5.41. The molecule has 1 atom stereocenters. The minimum Gasteiger partial charge on any atom is -0.103 e. The summed E-state index contributed by atoms with van der Waals surface area (Å²) in [5.74, 6) is 0.656. The summed E-state index contributed by atoms with van der Waals surface area (Å²) in [6, 6.07) is 27.3. The first-order valence-electron chi connectivity index (χ1n) is 12.3. The average Bonchev–Trinajstić information content (AvgIpc) is 2.90. The molecule has 1 unspecified atom stereocenters. The minimum absolute atomic E-state index is 0.656. The number of halogens is 2. The van der Waals surface area contributed by atoms with E-state index in [9.17, 15) is 0 Å². The van der Waals surface area contributed by atoms with Crippen molar-refractivity contribution in [1.29, 1.82) is 0 Å². The highest BCUT2D eigenvalue weighted by Crippen LogP contribution is 2.46. The van der Waals surface area contributed by atoms with Crippen molar-refractivity contribution in [2.75, 3.05) is 0 Å². The molecule has 0 aliphatic heterocycles. The molecule has 0 spiro atoms. The van der Waals surface area contributed by atoms with Crippen LogP contribution in [0, 0.1) is 0 Å². The Bertz CT molecular complexity index is 952. The van der Waals surface area contributed by atoms with Crippen molar-refractivity contribution in [2.45, 2.75) is 75.0 Å². The van der Waals surface area contributed by atoms with Crippen molar-refractivity contribution in [1.82, 2.24) is 0 Å². The first kappa shape index (κ1) is 23.4. The first-order chi connectivity index (χ1) is 15.7. The lowest BCUT2D eigenvalue weighted by Gasteiger charge is -2.30. The predicted molar refractivity (Wildman–Crippen MR) is 139 cm³/mol. The van der Waals surface area contributed by atoms with Crippen LogP contribution in [0.1, 0.15) is 92.4 Å². The Morgan fingerprint density at radius 1 is 0.562 bits per heavy atom. The molecule has 32 heavy (non-hydrogen) atoms. The quantitative estimate of drug-likeness (QED) is 0.266. The van der Waals surface area contributed by atoms with Crippen LogP contribution < -0.4 is 0 Å². The summed E-state index contributed by atoms with van der Waals surface area (Å²) >= 11 is 14.1. The SMILES string of the molecule is Clc1ccccc1C(Cl)(c1ccccc1)c1ccc(C2CCCCCCCCCC2)cc1. The molecule has 4 rings (SSSR count). The maximum Gasteiger partial charge on any atom is 0.121 e. The Morgan fingerprint density at radius 3 is 1.66 bits per heavy atom. The molecule has 0 nitrogen and oxygen atoms in total. The van der Waals surface area contributed by atoms with E-state index in [0.29, 0.717) is 10.9 Å². The second-order valence-electron chi connectivity index (χ2n) is 9.23. The molecule has 0 bridgehead atoms. The molecule has 1 saturated carbocycles. The fraction of sp³-hybridized carbons (Fsp3) is 0.400. The van der Waals surface area contributed by atoms with Crippen molar-refractivity contribution >= 4 is 23.2 Å². The van der Waals surface area contributed by atoms with Gasteiger partial charge in [-0.3, -0.25) is 0 Å². The molecular formula is C30H34Cl2. The van der Waals surface area contributed by atoms with Crippen LogP contribution >= 0.6 is 23.2 Å². The molecule has 2 heteroatoms. The smallest absolute Gasteiger partial charge is 0.103 e. The van der Waals surface area contributed by atoms with Gasteiger partial charge in [0, 0.05) is 10.6 Å². The van der Waals surface area contributed by atoms with Crippen LogP contribution in [0.15, 0.2) is 78.9 Å². The van der Waals surface area contributed by atoms with Crippen LogP contribution in [0.3, 0.4) is 0 Å². The molecule has 1 fully saturated rings.